The fraction of sp³-hybridized carbons (Fsp3) is 0.227. The number of Topliss-reactive ketones (excluding diaryl/α,β-unsaturated/α-hetero) is 2. The summed E-state index contributed by atoms with van der Waals surface area (Å²) in [6.07, 6.45) is -1.04. The van der Waals surface area contributed by atoms with Crippen molar-refractivity contribution < 1.29 is 23.9 Å². The molecule has 28 heavy (non-hydrogen) atoms. The Kier molecular flexibility index (Phi) is 5.59. The number of hydrogen-bond acceptors (Lipinski definition) is 6. The van der Waals surface area contributed by atoms with Gasteiger partial charge in [-0.05, 0) is 44.5 Å². The normalized spacial score (nSPS) is 14.5. The third-order valence-corrected chi connectivity index (χ3v) is 4.40. The molecular weight excluding hydrogens is 358 g/mol. The second-order valence-corrected chi connectivity index (χ2v) is 6.64. The van der Waals surface area contributed by atoms with Crippen molar-refractivity contribution in [3.63, 3.8) is 0 Å². The molecule has 144 valence electrons. The monoisotopic (exact) mass is 379 g/mol. The van der Waals surface area contributed by atoms with E-state index in [1.807, 2.05) is 44.2 Å². The lowest BCUT2D eigenvalue weighted by Gasteiger charge is -2.15. The molecule has 0 spiro atoms. The highest BCUT2D eigenvalue weighted by Crippen LogP contribution is 2.22. The maximum Gasteiger partial charge on any atom is 0.348 e. The second-order valence-electron chi connectivity index (χ2n) is 6.64. The number of carbonyl (C=O) groups is 3. The van der Waals surface area contributed by atoms with E-state index in [0.29, 0.717) is 11.3 Å². The zero-order chi connectivity index (χ0) is 20.3. The van der Waals surface area contributed by atoms with Gasteiger partial charge in [0.1, 0.15) is 0 Å². The molecule has 1 heterocycles. The van der Waals surface area contributed by atoms with Crippen LogP contribution in [0.2, 0.25) is 0 Å². The van der Waals surface area contributed by atoms with Gasteiger partial charge in [-0.15, -0.1) is 0 Å². The van der Waals surface area contributed by atoms with Crippen molar-refractivity contribution >= 4 is 23.2 Å². The lowest BCUT2D eigenvalue weighted by Crippen LogP contribution is -2.27. The molecule has 3 rings (SSSR count). The smallest absolute Gasteiger partial charge is 0.348 e. The van der Waals surface area contributed by atoms with Crippen molar-refractivity contribution in [2.75, 3.05) is 11.9 Å². The minimum Gasteiger partial charge on any atom is -0.470 e. The first kappa shape index (κ1) is 19.4. The first-order valence-electron chi connectivity index (χ1n) is 8.91. The van der Waals surface area contributed by atoms with Crippen LogP contribution in [0.5, 0.6) is 0 Å². The molecule has 1 atom stereocenters. The summed E-state index contributed by atoms with van der Waals surface area (Å²) in [6.45, 7) is 4.94. The molecule has 0 amide bonds. The Labute approximate surface area is 163 Å². The summed E-state index contributed by atoms with van der Waals surface area (Å²) in [5.74, 6) is -1.66. The molecule has 0 saturated carbocycles. The first-order valence-corrected chi connectivity index (χ1v) is 8.91. The van der Waals surface area contributed by atoms with Crippen molar-refractivity contribution in [1.82, 2.24) is 0 Å². The highest BCUT2D eigenvalue weighted by atomic mass is 16.6. The minimum absolute atomic E-state index is 0.0348. The van der Waals surface area contributed by atoms with Crippen LogP contribution in [0.1, 0.15) is 28.4 Å². The third kappa shape index (κ3) is 4.11. The Morgan fingerprint density at radius 1 is 1.11 bits per heavy atom. The summed E-state index contributed by atoms with van der Waals surface area (Å²) in [7, 11) is 0. The molecule has 0 unspecified atom stereocenters. The Bertz CT molecular complexity index is 962. The molecular formula is C22H21NO5. The Balaban J connectivity index is 1.78. The van der Waals surface area contributed by atoms with Gasteiger partial charge in [0.15, 0.2) is 18.3 Å². The molecule has 6 nitrogen and oxygen atoms in total. The maximum atomic E-state index is 12.7. The van der Waals surface area contributed by atoms with Gasteiger partial charge in [0.05, 0.1) is 0 Å². The summed E-state index contributed by atoms with van der Waals surface area (Å²) < 4.78 is 10.6. The number of esters is 1. The predicted molar refractivity (Wildman–Crippen MR) is 104 cm³/mol. The average molecular weight is 379 g/mol. The maximum absolute atomic E-state index is 12.7. The minimum atomic E-state index is -1.04. The quantitative estimate of drug-likeness (QED) is 0.471. The van der Waals surface area contributed by atoms with Crippen LogP contribution in [0.15, 0.2) is 60.0 Å². The van der Waals surface area contributed by atoms with Gasteiger partial charge in [0.25, 0.3) is 0 Å². The number of ketones is 2. The van der Waals surface area contributed by atoms with Crippen molar-refractivity contribution in [3.05, 3.63) is 76.7 Å². The molecule has 0 aromatic heterocycles. The molecule has 1 aliphatic heterocycles. The van der Waals surface area contributed by atoms with E-state index in [4.69, 9.17) is 9.47 Å². The van der Waals surface area contributed by atoms with Gasteiger partial charge in [-0.25, -0.2) is 4.79 Å². The summed E-state index contributed by atoms with van der Waals surface area (Å²) >= 11 is 0. The molecule has 1 N–H and O–H groups in total. The summed E-state index contributed by atoms with van der Waals surface area (Å²) in [6, 6.07) is 14.5. The number of para-hydroxylation sites is 1. The van der Waals surface area contributed by atoms with E-state index in [1.165, 1.54) is 6.92 Å². The summed E-state index contributed by atoms with van der Waals surface area (Å²) in [4.78, 5) is 37.4. The van der Waals surface area contributed by atoms with Crippen LogP contribution in [0.25, 0.3) is 0 Å². The van der Waals surface area contributed by atoms with E-state index in [2.05, 4.69) is 5.32 Å². The van der Waals surface area contributed by atoms with E-state index < -0.39 is 17.9 Å². The highest BCUT2D eigenvalue weighted by molar-refractivity contribution is 6.20. The molecule has 2 aromatic rings. The summed E-state index contributed by atoms with van der Waals surface area (Å²) in [5, 5.41) is 2.90. The Morgan fingerprint density at radius 3 is 2.54 bits per heavy atom. The first-order chi connectivity index (χ1) is 13.4. The van der Waals surface area contributed by atoms with Crippen molar-refractivity contribution in [3.8, 4) is 0 Å². The van der Waals surface area contributed by atoms with Gasteiger partial charge in [-0.3, -0.25) is 9.59 Å². The van der Waals surface area contributed by atoms with Gasteiger partial charge < -0.3 is 14.8 Å². The number of nitrogens with one attached hydrogen (secondary N) is 1. The van der Waals surface area contributed by atoms with Gasteiger partial charge in [0, 0.05) is 11.3 Å². The van der Waals surface area contributed by atoms with E-state index >= 15 is 0 Å². The van der Waals surface area contributed by atoms with Gasteiger partial charge in [0.2, 0.25) is 17.4 Å². The number of aryl methyl sites for hydroxylation is 2. The molecule has 6 heteroatoms. The van der Waals surface area contributed by atoms with Crippen LogP contribution in [0.3, 0.4) is 0 Å². The number of ether oxygens (including phenoxy) is 2. The van der Waals surface area contributed by atoms with Crippen LogP contribution in [-0.2, 0) is 19.1 Å². The fourth-order valence-electron chi connectivity index (χ4n) is 2.86. The Hall–Kier alpha value is -3.41. The molecule has 0 aliphatic carbocycles. The van der Waals surface area contributed by atoms with Crippen LogP contribution in [-0.4, -0.2) is 30.2 Å². The SMILES string of the molecule is Cc1ccc(C)c(C(=O)[C@H](C)OC(=O)C2=C(Nc3ccccc3)OCC2=O)c1. The van der Waals surface area contributed by atoms with Gasteiger partial charge in [-0.1, -0.05) is 35.9 Å². The topological polar surface area (TPSA) is 81.7 Å². The number of carbonyl (C=O) groups excluding carboxylic acids is 3. The predicted octanol–water partition coefficient (Wildman–Crippen LogP) is 3.34. The van der Waals surface area contributed by atoms with Crippen LogP contribution < -0.4 is 5.32 Å². The van der Waals surface area contributed by atoms with Gasteiger partial charge in [-0.2, -0.15) is 0 Å². The van der Waals surface area contributed by atoms with Crippen LogP contribution >= 0.6 is 0 Å². The van der Waals surface area contributed by atoms with Crippen molar-refractivity contribution in [1.29, 1.82) is 0 Å². The molecule has 1 aliphatic rings. The summed E-state index contributed by atoms with van der Waals surface area (Å²) in [5.41, 5.74) is 2.67. The standard InChI is InChI=1S/C22H21NO5/c1-13-9-10-14(2)17(11-13)20(25)15(3)28-22(26)19-18(24)12-27-21(19)23-16-7-5-4-6-8-16/h4-11,15,23H,12H2,1-3H3/t15-/m0/s1. The zero-order valence-electron chi connectivity index (χ0n) is 15.9. The molecule has 0 bridgehead atoms. The van der Waals surface area contributed by atoms with Crippen LogP contribution in [0, 0.1) is 13.8 Å². The van der Waals surface area contributed by atoms with E-state index in [1.54, 1.807) is 18.2 Å². The zero-order valence-corrected chi connectivity index (χ0v) is 15.9. The lowest BCUT2D eigenvalue weighted by atomic mass is 9.99. The fourth-order valence-corrected chi connectivity index (χ4v) is 2.86. The number of rotatable bonds is 6. The number of hydrogen-bond donors (Lipinski definition) is 1. The highest BCUT2D eigenvalue weighted by Gasteiger charge is 2.34. The third-order valence-electron chi connectivity index (χ3n) is 4.40. The number of anilines is 1. The lowest BCUT2D eigenvalue weighted by molar-refractivity contribution is -0.142. The average Bonchev–Trinajstić information content (AvgIpc) is 3.04. The molecule has 0 radical (unpaired) electrons. The second kappa shape index (κ2) is 8.08. The van der Waals surface area contributed by atoms with Crippen molar-refractivity contribution in [2.45, 2.75) is 26.9 Å². The van der Waals surface area contributed by atoms with Gasteiger partial charge >= 0.3 is 5.97 Å². The molecule has 0 saturated heterocycles. The van der Waals surface area contributed by atoms with E-state index in [-0.39, 0.29) is 23.8 Å². The molecule has 0 fully saturated rings. The number of benzene rings is 2. The Morgan fingerprint density at radius 2 is 1.82 bits per heavy atom. The van der Waals surface area contributed by atoms with E-state index in [0.717, 1.165) is 11.1 Å². The molecule has 2 aromatic carbocycles. The largest absolute Gasteiger partial charge is 0.470 e. The van der Waals surface area contributed by atoms with Crippen LogP contribution in [0.4, 0.5) is 5.69 Å². The van der Waals surface area contributed by atoms with E-state index in [9.17, 15) is 14.4 Å². The van der Waals surface area contributed by atoms with Crippen molar-refractivity contribution in [2.24, 2.45) is 0 Å².